The predicted octanol–water partition coefficient (Wildman–Crippen LogP) is 4.11. The fourth-order valence-corrected chi connectivity index (χ4v) is 2.23. The fraction of sp³-hybridized carbons (Fsp3) is 0.381. The average Bonchev–Trinajstić information content (AvgIpc) is 2.54. The number of carbonyl (C=O) groups excluding carboxylic acids is 3. The summed E-state index contributed by atoms with van der Waals surface area (Å²) in [5, 5.41) is 2.47. The quantitative estimate of drug-likeness (QED) is 0.390. The van der Waals surface area contributed by atoms with Crippen LogP contribution in [0.4, 0.5) is 0 Å². The Balaban J connectivity index is 2.25. The number of unbranched alkanes of at least 4 members (excludes halogenated alkanes) is 1. The molecule has 4 heteroatoms. The molecule has 0 aliphatic heterocycles. The number of rotatable bonds is 9. The molecule has 0 spiro atoms. The number of hydrogen-bond acceptors (Lipinski definition) is 3. The first-order valence-electron chi connectivity index (χ1n) is 8.60. The van der Waals surface area contributed by atoms with Gasteiger partial charge in [0, 0.05) is 12.5 Å². The largest absolute Gasteiger partial charge is 0.322 e. The zero-order valence-electron chi connectivity index (χ0n) is 15.3. The molecule has 1 amide bonds. The standard InChI is InChI=1S/C21H27NO3/c1-16(2)9-8-11-17(3)10-6-4-5-7-12-21(25)22-19-15-18(23)13-14-20(19)24/h5,7,9-10,13-15H,4,6,8,11-12H2,1-3H3,(H,22,25)/b7-5+,17-10+. The summed E-state index contributed by atoms with van der Waals surface area (Å²) < 4.78 is 0. The van der Waals surface area contributed by atoms with E-state index in [4.69, 9.17) is 0 Å². The third-order valence-electron chi connectivity index (χ3n) is 3.61. The second-order valence-corrected chi connectivity index (χ2v) is 6.33. The minimum absolute atomic E-state index is 0.0424. The van der Waals surface area contributed by atoms with Gasteiger partial charge in [-0.25, -0.2) is 0 Å². The molecule has 0 radical (unpaired) electrons. The van der Waals surface area contributed by atoms with Crippen molar-refractivity contribution in [1.29, 1.82) is 0 Å². The zero-order valence-corrected chi connectivity index (χ0v) is 15.3. The summed E-state index contributed by atoms with van der Waals surface area (Å²) in [5.74, 6) is -0.949. The fourth-order valence-electron chi connectivity index (χ4n) is 2.23. The van der Waals surface area contributed by atoms with Crippen LogP contribution in [0.5, 0.6) is 0 Å². The van der Waals surface area contributed by atoms with Crippen molar-refractivity contribution in [2.45, 2.75) is 52.9 Å². The Morgan fingerprint density at radius 2 is 1.76 bits per heavy atom. The average molecular weight is 341 g/mol. The van der Waals surface area contributed by atoms with Crippen LogP contribution in [0.1, 0.15) is 52.9 Å². The molecule has 1 aliphatic rings. The van der Waals surface area contributed by atoms with Gasteiger partial charge in [-0.1, -0.05) is 35.5 Å². The van der Waals surface area contributed by atoms with Crippen LogP contribution in [0.15, 0.2) is 59.4 Å². The molecule has 0 aromatic rings. The molecular weight excluding hydrogens is 314 g/mol. The van der Waals surface area contributed by atoms with Crippen LogP contribution in [-0.2, 0) is 14.4 Å². The molecule has 25 heavy (non-hydrogen) atoms. The second kappa shape index (κ2) is 11.1. The van der Waals surface area contributed by atoms with Crippen LogP contribution >= 0.6 is 0 Å². The van der Waals surface area contributed by atoms with Crippen molar-refractivity contribution in [3.8, 4) is 0 Å². The summed E-state index contributed by atoms with van der Waals surface area (Å²) in [4.78, 5) is 34.5. The Morgan fingerprint density at radius 3 is 2.48 bits per heavy atom. The monoisotopic (exact) mass is 341 g/mol. The van der Waals surface area contributed by atoms with Gasteiger partial charge in [0.25, 0.3) is 0 Å². The van der Waals surface area contributed by atoms with Crippen LogP contribution in [-0.4, -0.2) is 17.5 Å². The Bertz CT molecular complexity index is 657. The Morgan fingerprint density at radius 1 is 1.00 bits per heavy atom. The van der Waals surface area contributed by atoms with Crippen LogP contribution in [0.3, 0.4) is 0 Å². The normalized spacial score (nSPS) is 14.7. The van der Waals surface area contributed by atoms with Crippen LogP contribution in [0, 0.1) is 0 Å². The van der Waals surface area contributed by atoms with E-state index in [2.05, 4.69) is 38.2 Å². The lowest BCUT2D eigenvalue weighted by molar-refractivity contribution is -0.121. The smallest absolute Gasteiger partial charge is 0.228 e. The van der Waals surface area contributed by atoms with Gasteiger partial charge in [-0.2, -0.15) is 0 Å². The maximum absolute atomic E-state index is 11.8. The van der Waals surface area contributed by atoms with Gasteiger partial charge in [0.2, 0.25) is 11.7 Å². The topological polar surface area (TPSA) is 63.2 Å². The maximum atomic E-state index is 11.8. The second-order valence-electron chi connectivity index (χ2n) is 6.33. The lowest BCUT2D eigenvalue weighted by Gasteiger charge is -2.07. The summed E-state index contributed by atoms with van der Waals surface area (Å²) in [7, 11) is 0. The Kier molecular flexibility index (Phi) is 9.15. The highest BCUT2D eigenvalue weighted by molar-refractivity contribution is 6.18. The zero-order chi connectivity index (χ0) is 18.7. The van der Waals surface area contributed by atoms with Crippen LogP contribution in [0.2, 0.25) is 0 Å². The lowest BCUT2D eigenvalue weighted by atomic mass is 10.1. The molecule has 4 nitrogen and oxygen atoms in total. The van der Waals surface area contributed by atoms with Gasteiger partial charge < -0.3 is 5.32 Å². The van der Waals surface area contributed by atoms with Gasteiger partial charge in [0.15, 0.2) is 5.78 Å². The van der Waals surface area contributed by atoms with Gasteiger partial charge >= 0.3 is 0 Å². The Labute approximate surface area is 150 Å². The van der Waals surface area contributed by atoms with Gasteiger partial charge in [-0.05, 0) is 58.6 Å². The first-order valence-corrected chi connectivity index (χ1v) is 8.60. The summed E-state index contributed by atoms with van der Waals surface area (Å²) >= 11 is 0. The van der Waals surface area contributed by atoms with Crippen LogP contribution < -0.4 is 5.32 Å². The van der Waals surface area contributed by atoms with Gasteiger partial charge in [0.1, 0.15) is 0 Å². The van der Waals surface area contributed by atoms with E-state index in [0.29, 0.717) is 0 Å². The molecule has 0 heterocycles. The molecule has 0 saturated carbocycles. The molecule has 0 atom stereocenters. The Hall–Kier alpha value is -2.49. The molecule has 0 bridgehead atoms. The van der Waals surface area contributed by atoms with E-state index in [1.807, 2.05) is 6.08 Å². The summed E-state index contributed by atoms with van der Waals surface area (Å²) in [6.07, 6.45) is 15.9. The molecular formula is C21H27NO3. The van der Waals surface area contributed by atoms with Crippen molar-refractivity contribution in [3.05, 3.63) is 59.4 Å². The summed E-state index contributed by atoms with van der Waals surface area (Å²) in [6.45, 7) is 6.35. The number of hydrogen-bond donors (Lipinski definition) is 1. The van der Waals surface area contributed by atoms with E-state index >= 15 is 0 Å². The van der Waals surface area contributed by atoms with Crippen molar-refractivity contribution in [1.82, 2.24) is 5.32 Å². The number of amides is 1. The lowest BCUT2D eigenvalue weighted by Crippen LogP contribution is -2.28. The van der Waals surface area contributed by atoms with Gasteiger partial charge in [-0.15, -0.1) is 0 Å². The van der Waals surface area contributed by atoms with E-state index in [1.165, 1.54) is 23.3 Å². The number of ketones is 2. The number of carbonyl (C=O) groups is 3. The highest BCUT2D eigenvalue weighted by Crippen LogP contribution is 2.09. The molecule has 0 fully saturated rings. The molecule has 0 aromatic carbocycles. The van der Waals surface area contributed by atoms with E-state index in [1.54, 1.807) is 6.08 Å². The third-order valence-corrected chi connectivity index (χ3v) is 3.61. The third kappa shape index (κ3) is 9.40. The minimum atomic E-state index is -0.356. The van der Waals surface area contributed by atoms with Crippen molar-refractivity contribution < 1.29 is 14.4 Å². The molecule has 1 N–H and O–H groups in total. The van der Waals surface area contributed by atoms with E-state index in [-0.39, 0.29) is 29.6 Å². The first-order chi connectivity index (χ1) is 11.9. The van der Waals surface area contributed by atoms with E-state index < -0.39 is 0 Å². The van der Waals surface area contributed by atoms with Crippen molar-refractivity contribution >= 4 is 17.5 Å². The van der Waals surface area contributed by atoms with E-state index in [9.17, 15) is 14.4 Å². The van der Waals surface area contributed by atoms with Gasteiger partial charge in [-0.3, -0.25) is 14.4 Å². The van der Waals surface area contributed by atoms with Crippen LogP contribution in [0.25, 0.3) is 0 Å². The maximum Gasteiger partial charge on any atom is 0.228 e. The highest BCUT2D eigenvalue weighted by atomic mass is 16.2. The van der Waals surface area contributed by atoms with Crippen molar-refractivity contribution in [3.63, 3.8) is 0 Å². The number of nitrogens with one attached hydrogen (secondary N) is 1. The molecule has 1 aliphatic carbocycles. The number of allylic oxidation sites excluding steroid dienone is 8. The SMILES string of the molecule is CC(C)=CCC/C(C)=C/CC/C=C/CC(=O)NC1=CC(=O)C=CC1=O. The molecule has 0 saturated heterocycles. The van der Waals surface area contributed by atoms with Crippen molar-refractivity contribution in [2.75, 3.05) is 0 Å². The predicted molar refractivity (Wildman–Crippen MR) is 101 cm³/mol. The molecule has 0 unspecified atom stereocenters. The summed E-state index contributed by atoms with van der Waals surface area (Å²) in [5.41, 5.74) is 2.77. The molecule has 0 aromatic heterocycles. The van der Waals surface area contributed by atoms with Crippen molar-refractivity contribution in [2.24, 2.45) is 0 Å². The highest BCUT2D eigenvalue weighted by Gasteiger charge is 2.14. The first kappa shape index (κ1) is 20.6. The molecule has 1 rings (SSSR count). The van der Waals surface area contributed by atoms with E-state index in [0.717, 1.165) is 31.8 Å². The van der Waals surface area contributed by atoms with Gasteiger partial charge in [0.05, 0.1) is 5.70 Å². The minimum Gasteiger partial charge on any atom is -0.322 e. The molecule has 134 valence electrons. The summed E-state index contributed by atoms with van der Waals surface area (Å²) in [6, 6.07) is 0.